The third-order valence-corrected chi connectivity index (χ3v) is 2.88. The molecule has 1 rings (SSSR count). The van der Waals surface area contributed by atoms with E-state index in [1.807, 2.05) is 45.1 Å². The summed E-state index contributed by atoms with van der Waals surface area (Å²) >= 11 is 11.9. The summed E-state index contributed by atoms with van der Waals surface area (Å²) in [5.74, 6) is 0. The lowest BCUT2D eigenvalue weighted by Crippen LogP contribution is -2.32. The van der Waals surface area contributed by atoms with E-state index in [0.717, 1.165) is 5.56 Å². The molecule has 0 aliphatic rings. The maximum absolute atomic E-state index is 11.4. The van der Waals surface area contributed by atoms with Gasteiger partial charge in [0.2, 0.25) is 0 Å². The third kappa shape index (κ3) is 8.93. The highest BCUT2D eigenvalue weighted by atomic mass is 35.5. The van der Waals surface area contributed by atoms with Crippen molar-refractivity contribution in [1.29, 1.82) is 0 Å². The summed E-state index contributed by atoms with van der Waals surface area (Å²) in [4.78, 5) is 11.4. The van der Waals surface area contributed by atoms with Gasteiger partial charge in [-0.15, -0.1) is 0 Å². The Bertz CT molecular complexity index is 505. The summed E-state index contributed by atoms with van der Waals surface area (Å²) in [7, 11) is 0. The summed E-state index contributed by atoms with van der Waals surface area (Å²) in [6, 6.07) is 5.44. The first-order valence-electron chi connectivity index (χ1n) is 7.04. The van der Waals surface area contributed by atoms with Crippen molar-refractivity contribution in [2.45, 2.75) is 32.9 Å². The van der Waals surface area contributed by atoms with Crippen LogP contribution < -0.4 is 10.6 Å². The minimum Gasteiger partial charge on any atom is -0.444 e. The molecule has 1 aromatic rings. The predicted octanol–water partition coefficient (Wildman–Crippen LogP) is 4.16. The molecule has 0 unspecified atom stereocenters. The van der Waals surface area contributed by atoms with E-state index in [4.69, 9.17) is 27.9 Å². The lowest BCUT2D eigenvalue weighted by atomic mass is 10.2. The Morgan fingerprint density at radius 1 is 1.14 bits per heavy atom. The highest BCUT2D eigenvalue weighted by Crippen LogP contribution is 2.18. The SMILES string of the molecule is CC(C)(C)OC(=O)NC/C=C/CNCc1cc(Cl)cc(Cl)c1. The first-order valence-corrected chi connectivity index (χ1v) is 7.79. The maximum atomic E-state index is 11.4. The van der Waals surface area contributed by atoms with Gasteiger partial charge < -0.3 is 15.4 Å². The molecule has 122 valence electrons. The van der Waals surface area contributed by atoms with Crippen molar-refractivity contribution < 1.29 is 9.53 Å². The Morgan fingerprint density at radius 3 is 2.32 bits per heavy atom. The average Bonchev–Trinajstić information content (AvgIpc) is 2.34. The van der Waals surface area contributed by atoms with Gasteiger partial charge in [-0.3, -0.25) is 0 Å². The van der Waals surface area contributed by atoms with Crippen molar-refractivity contribution in [2.24, 2.45) is 0 Å². The van der Waals surface area contributed by atoms with Gasteiger partial charge in [0.25, 0.3) is 0 Å². The van der Waals surface area contributed by atoms with Gasteiger partial charge in [0.05, 0.1) is 0 Å². The second-order valence-corrected chi connectivity index (χ2v) is 6.64. The lowest BCUT2D eigenvalue weighted by Gasteiger charge is -2.19. The molecule has 0 fully saturated rings. The Kier molecular flexibility index (Phi) is 7.73. The van der Waals surface area contributed by atoms with Gasteiger partial charge in [-0.25, -0.2) is 4.79 Å². The van der Waals surface area contributed by atoms with E-state index in [9.17, 15) is 4.79 Å². The smallest absolute Gasteiger partial charge is 0.407 e. The number of amides is 1. The summed E-state index contributed by atoms with van der Waals surface area (Å²) < 4.78 is 5.12. The summed E-state index contributed by atoms with van der Waals surface area (Å²) in [6.45, 7) is 7.27. The van der Waals surface area contributed by atoms with Crippen molar-refractivity contribution in [3.05, 3.63) is 46.0 Å². The molecule has 0 atom stereocenters. The molecule has 0 radical (unpaired) electrons. The van der Waals surface area contributed by atoms with Crippen LogP contribution in [0, 0.1) is 0 Å². The normalized spacial score (nSPS) is 11.7. The van der Waals surface area contributed by atoms with Crippen LogP contribution >= 0.6 is 23.2 Å². The van der Waals surface area contributed by atoms with E-state index in [1.165, 1.54) is 0 Å². The van der Waals surface area contributed by atoms with Crippen LogP contribution in [0.4, 0.5) is 4.79 Å². The molecular weight excluding hydrogens is 323 g/mol. The van der Waals surface area contributed by atoms with E-state index in [0.29, 0.717) is 29.7 Å². The van der Waals surface area contributed by atoms with Gasteiger partial charge in [-0.2, -0.15) is 0 Å². The van der Waals surface area contributed by atoms with Crippen molar-refractivity contribution >= 4 is 29.3 Å². The molecule has 1 amide bonds. The van der Waals surface area contributed by atoms with Crippen LogP contribution in [0.15, 0.2) is 30.4 Å². The molecule has 0 aliphatic heterocycles. The van der Waals surface area contributed by atoms with Gasteiger partial charge in [0.15, 0.2) is 0 Å². The van der Waals surface area contributed by atoms with Crippen molar-refractivity contribution in [2.75, 3.05) is 13.1 Å². The van der Waals surface area contributed by atoms with Crippen LogP contribution in [0.25, 0.3) is 0 Å². The fraction of sp³-hybridized carbons (Fsp3) is 0.438. The standard InChI is InChI=1S/C16H22Cl2N2O2/c1-16(2,3)22-15(21)20-7-5-4-6-19-11-12-8-13(17)10-14(18)9-12/h4-5,8-10,19H,6-7,11H2,1-3H3,(H,20,21)/b5-4+. The Hall–Kier alpha value is -1.23. The number of ether oxygens (including phenoxy) is 1. The minimum absolute atomic E-state index is 0.418. The molecular formula is C16H22Cl2N2O2. The summed E-state index contributed by atoms with van der Waals surface area (Å²) in [5, 5.41) is 7.14. The van der Waals surface area contributed by atoms with E-state index in [2.05, 4.69) is 10.6 Å². The van der Waals surface area contributed by atoms with Gasteiger partial charge in [0.1, 0.15) is 5.60 Å². The topological polar surface area (TPSA) is 50.4 Å². The van der Waals surface area contributed by atoms with Crippen molar-refractivity contribution in [1.82, 2.24) is 10.6 Å². The van der Waals surface area contributed by atoms with E-state index in [-0.39, 0.29) is 0 Å². The zero-order chi connectivity index (χ0) is 16.6. The van der Waals surface area contributed by atoms with Crippen LogP contribution in [-0.4, -0.2) is 24.8 Å². The van der Waals surface area contributed by atoms with Crippen LogP contribution in [0.5, 0.6) is 0 Å². The van der Waals surface area contributed by atoms with Crippen LogP contribution in [0.3, 0.4) is 0 Å². The molecule has 22 heavy (non-hydrogen) atoms. The molecule has 0 saturated carbocycles. The van der Waals surface area contributed by atoms with Gasteiger partial charge in [0, 0.05) is 29.7 Å². The monoisotopic (exact) mass is 344 g/mol. The van der Waals surface area contributed by atoms with E-state index in [1.54, 1.807) is 6.07 Å². The molecule has 0 aromatic heterocycles. The molecule has 0 aliphatic carbocycles. The molecule has 0 saturated heterocycles. The fourth-order valence-electron chi connectivity index (χ4n) is 1.64. The number of benzene rings is 1. The maximum Gasteiger partial charge on any atom is 0.407 e. The van der Waals surface area contributed by atoms with Gasteiger partial charge >= 0.3 is 6.09 Å². The third-order valence-electron chi connectivity index (χ3n) is 2.44. The number of rotatable bonds is 6. The quantitative estimate of drug-likeness (QED) is 0.601. The van der Waals surface area contributed by atoms with Crippen LogP contribution in [0.2, 0.25) is 10.0 Å². The fourth-order valence-corrected chi connectivity index (χ4v) is 2.21. The molecule has 1 aromatic carbocycles. The Balaban J connectivity index is 2.18. The number of hydrogen-bond acceptors (Lipinski definition) is 3. The highest BCUT2D eigenvalue weighted by molar-refractivity contribution is 6.34. The second kappa shape index (κ2) is 9.03. The highest BCUT2D eigenvalue weighted by Gasteiger charge is 2.14. The average molecular weight is 345 g/mol. The lowest BCUT2D eigenvalue weighted by molar-refractivity contribution is 0.0534. The summed E-state index contributed by atoms with van der Waals surface area (Å²) in [5.41, 5.74) is 0.547. The van der Waals surface area contributed by atoms with Crippen molar-refractivity contribution in [3.8, 4) is 0 Å². The first-order chi connectivity index (χ1) is 10.3. The first kappa shape index (κ1) is 18.8. The predicted molar refractivity (Wildman–Crippen MR) is 91.5 cm³/mol. The largest absolute Gasteiger partial charge is 0.444 e. The molecule has 6 heteroatoms. The number of alkyl carbamates (subject to hydrolysis) is 1. The van der Waals surface area contributed by atoms with E-state index >= 15 is 0 Å². The minimum atomic E-state index is -0.479. The molecule has 4 nitrogen and oxygen atoms in total. The molecule has 0 bridgehead atoms. The van der Waals surface area contributed by atoms with E-state index < -0.39 is 11.7 Å². The Labute approximate surface area is 141 Å². The zero-order valence-corrected chi connectivity index (χ0v) is 14.6. The number of hydrogen-bond donors (Lipinski definition) is 2. The number of halogens is 2. The number of carbonyl (C=O) groups is 1. The second-order valence-electron chi connectivity index (χ2n) is 5.76. The Morgan fingerprint density at radius 2 is 1.73 bits per heavy atom. The number of carbonyl (C=O) groups excluding carboxylic acids is 1. The molecule has 0 spiro atoms. The van der Waals surface area contributed by atoms with Crippen LogP contribution in [0.1, 0.15) is 26.3 Å². The van der Waals surface area contributed by atoms with Gasteiger partial charge in [-0.1, -0.05) is 35.4 Å². The van der Waals surface area contributed by atoms with Crippen LogP contribution in [-0.2, 0) is 11.3 Å². The zero-order valence-electron chi connectivity index (χ0n) is 13.1. The molecule has 0 heterocycles. The van der Waals surface area contributed by atoms with Gasteiger partial charge in [-0.05, 0) is 44.5 Å². The molecule has 2 N–H and O–H groups in total. The van der Waals surface area contributed by atoms with Crippen molar-refractivity contribution in [3.63, 3.8) is 0 Å². The number of nitrogens with one attached hydrogen (secondary N) is 2. The summed E-state index contributed by atoms with van der Waals surface area (Å²) in [6.07, 6.45) is 3.38.